The van der Waals surface area contributed by atoms with E-state index >= 15 is 0 Å². The van der Waals surface area contributed by atoms with Crippen molar-refractivity contribution >= 4 is 17.1 Å². The lowest BCUT2D eigenvalue weighted by Crippen LogP contribution is -2.37. The molecule has 1 N–H and O–H groups in total. The highest BCUT2D eigenvalue weighted by Crippen LogP contribution is 2.18. The fourth-order valence-electron chi connectivity index (χ4n) is 3.08. The minimum atomic E-state index is -0.374. The third-order valence-electron chi connectivity index (χ3n) is 4.81. The van der Waals surface area contributed by atoms with Crippen molar-refractivity contribution in [3.05, 3.63) is 56.2 Å². The molecule has 0 atom stereocenters. The molecule has 2 heterocycles. The summed E-state index contributed by atoms with van der Waals surface area (Å²) in [6.07, 6.45) is 0.991. The van der Waals surface area contributed by atoms with Gasteiger partial charge in [0.05, 0.1) is 6.54 Å². The number of imidazole rings is 1. The molecule has 3 rings (SSSR count). The van der Waals surface area contributed by atoms with Crippen LogP contribution in [0.25, 0.3) is 11.2 Å². The first-order valence-corrected chi connectivity index (χ1v) is 9.25. The minimum Gasteiger partial charge on any atom is -0.356 e. The predicted molar refractivity (Wildman–Crippen MR) is 108 cm³/mol. The quantitative estimate of drug-likeness (QED) is 0.723. The molecule has 144 valence electrons. The van der Waals surface area contributed by atoms with Crippen molar-refractivity contribution in [2.24, 2.45) is 20.0 Å². The number of rotatable bonds is 6. The molecule has 3 aromatic rings. The molecule has 0 saturated carbocycles. The number of hydrogen-bond donors (Lipinski definition) is 1. The summed E-state index contributed by atoms with van der Waals surface area (Å²) < 4.78 is 4.44. The van der Waals surface area contributed by atoms with Crippen molar-refractivity contribution in [1.82, 2.24) is 18.7 Å². The number of nitrogens with one attached hydrogen (secondary N) is 1. The minimum absolute atomic E-state index is 0.329. The standard InChI is InChI=1S/C20H27N5O2/c1-13(2)10-11-21-19-22-17-16(18(26)24(5)20(27)23(17)4)25(19)12-15-8-6-14(3)7-9-15/h6-9,13H,10-12H2,1-5H3,(H,21,22). The number of fused-ring (bicyclic) bond motifs is 1. The number of hydrogen-bond acceptors (Lipinski definition) is 4. The van der Waals surface area contributed by atoms with Crippen molar-refractivity contribution in [1.29, 1.82) is 0 Å². The summed E-state index contributed by atoms with van der Waals surface area (Å²) in [6.45, 7) is 7.63. The molecule has 1 aromatic carbocycles. The molecule has 0 amide bonds. The highest BCUT2D eigenvalue weighted by molar-refractivity contribution is 5.74. The van der Waals surface area contributed by atoms with E-state index in [1.165, 1.54) is 17.2 Å². The molecular weight excluding hydrogens is 342 g/mol. The summed E-state index contributed by atoms with van der Waals surface area (Å²) in [5.41, 5.74) is 2.39. The van der Waals surface area contributed by atoms with E-state index in [0.717, 1.165) is 23.1 Å². The Labute approximate surface area is 158 Å². The molecule has 27 heavy (non-hydrogen) atoms. The van der Waals surface area contributed by atoms with E-state index in [1.54, 1.807) is 7.05 Å². The van der Waals surface area contributed by atoms with Gasteiger partial charge in [0.1, 0.15) is 0 Å². The first kappa shape index (κ1) is 18.9. The van der Waals surface area contributed by atoms with Crippen LogP contribution in [-0.4, -0.2) is 25.2 Å². The zero-order chi connectivity index (χ0) is 19.7. The number of aryl methyl sites for hydroxylation is 2. The van der Waals surface area contributed by atoms with E-state index in [9.17, 15) is 9.59 Å². The molecule has 0 fully saturated rings. The van der Waals surface area contributed by atoms with Crippen LogP contribution in [-0.2, 0) is 20.6 Å². The van der Waals surface area contributed by atoms with Gasteiger partial charge in [0.2, 0.25) is 5.95 Å². The molecule has 0 aliphatic rings. The second-order valence-electron chi connectivity index (χ2n) is 7.49. The lowest BCUT2D eigenvalue weighted by Gasteiger charge is -2.12. The Bertz CT molecular complexity index is 1070. The van der Waals surface area contributed by atoms with Gasteiger partial charge in [-0.2, -0.15) is 4.98 Å². The number of nitrogens with zero attached hydrogens (tertiary/aromatic N) is 4. The Hall–Kier alpha value is -2.83. The summed E-state index contributed by atoms with van der Waals surface area (Å²) in [5, 5.41) is 3.35. The normalized spacial score (nSPS) is 11.5. The summed E-state index contributed by atoms with van der Waals surface area (Å²) in [7, 11) is 3.14. The van der Waals surface area contributed by atoms with Gasteiger partial charge in [-0.15, -0.1) is 0 Å². The lowest BCUT2D eigenvalue weighted by atomic mass is 10.1. The van der Waals surface area contributed by atoms with Crippen LogP contribution in [0.3, 0.4) is 0 Å². The van der Waals surface area contributed by atoms with Gasteiger partial charge in [-0.3, -0.25) is 18.5 Å². The molecule has 0 radical (unpaired) electrons. The van der Waals surface area contributed by atoms with E-state index in [0.29, 0.717) is 29.6 Å². The summed E-state index contributed by atoms with van der Waals surface area (Å²) in [5.74, 6) is 1.18. The zero-order valence-corrected chi connectivity index (χ0v) is 16.6. The monoisotopic (exact) mass is 369 g/mol. The average Bonchev–Trinajstić information content (AvgIpc) is 2.98. The van der Waals surface area contributed by atoms with Gasteiger partial charge in [0.15, 0.2) is 11.2 Å². The maximum absolute atomic E-state index is 12.8. The number of aromatic nitrogens is 4. The van der Waals surface area contributed by atoms with Crippen LogP contribution in [0.5, 0.6) is 0 Å². The summed E-state index contributed by atoms with van der Waals surface area (Å²) in [6, 6.07) is 8.19. The van der Waals surface area contributed by atoms with Crippen LogP contribution in [0, 0.1) is 12.8 Å². The van der Waals surface area contributed by atoms with Crippen molar-refractivity contribution in [2.75, 3.05) is 11.9 Å². The van der Waals surface area contributed by atoms with Crippen LogP contribution in [0.4, 0.5) is 5.95 Å². The van der Waals surface area contributed by atoms with Gasteiger partial charge >= 0.3 is 5.69 Å². The highest BCUT2D eigenvalue weighted by atomic mass is 16.2. The SMILES string of the molecule is Cc1ccc(Cn2c(NCCC(C)C)nc3c2c(=O)n(C)c(=O)n3C)cc1. The maximum Gasteiger partial charge on any atom is 0.332 e. The highest BCUT2D eigenvalue weighted by Gasteiger charge is 2.19. The van der Waals surface area contributed by atoms with E-state index < -0.39 is 0 Å². The van der Waals surface area contributed by atoms with Crippen LogP contribution in [0.2, 0.25) is 0 Å². The largest absolute Gasteiger partial charge is 0.356 e. The summed E-state index contributed by atoms with van der Waals surface area (Å²) >= 11 is 0. The third kappa shape index (κ3) is 3.67. The molecule has 0 aliphatic carbocycles. The molecule has 0 unspecified atom stereocenters. The van der Waals surface area contributed by atoms with Crippen molar-refractivity contribution < 1.29 is 0 Å². The Morgan fingerprint density at radius 3 is 2.37 bits per heavy atom. The Morgan fingerprint density at radius 2 is 1.74 bits per heavy atom. The summed E-state index contributed by atoms with van der Waals surface area (Å²) in [4.78, 5) is 29.7. The zero-order valence-electron chi connectivity index (χ0n) is 16.6. The topological polar surface area (TPSA) is 73.8 Å². The predicted octanol–water partition coefficient (Wildman–Crippen LogP) is 2.25. The van der Waals surface area contributed by atoms with Crippen molar-refractivity contribution in [3.8, 4) is 0 Å². The van der Waals surface area contributed by atoms with E-state index in [2.05, 4.69) is 24.1 Å². The van der Waals surface area contributed by atoms with Crippen LogP contribution in [0.15, 0.2) is 33.9 Å². The molecule has 0 spiro atoms. The van der Waals surface area contributed by atoms with Gasteiger partial charge in [0.25, 0.3) is 5.56 Å². The van der Waals surface area contributed by atoms with Gasteiger partial charge in [0, 0.05) is 20.6 Å². The van der Waals surface area contributed by atoms with Gasteiger partial charge in [-0.25, -0.2) is 4.79 Å². The van der Waals surface area contributed by atoms with Gasteiger partial charge in [-0.1, -0.05) is 43.7 Å². The average molecular weight is 369 g/mol. The Kier molecular flexibility index (Phi) is 5.21. The fraction of sp³-hybridized carbons (Fsp3) is 0.450. The molecule has 0 bridgehead atoms. The van der Waals surface area contributed by atoms with E-state index in [1.807, 2.05) is 35.8 Å². The first-order chi connectivity index (χ1) is 12.8. The van der Waals surface area contributed by atoms with Crippen molar-refractivity contribution in [2.45, 2.75) is 33.7 Å². The van der Waals surface area contributed by atoms with E-state index in [-0.39, 0.29) is 11.2 Å². The fourth-order valence-corrected chi connectivity index (χ4v) is 3.08. The van der Waals surface area contributed by atoms with Gasteiger partial charge in [-0.05, 0) is 24.8 Å². The van der Waals surface area contributed by atoms with E-state index in [4.69, 9.17) is 0 Å². The Balaban J connectivity index is 2.15. The number of benzene rings is 1. The third-order valence-corrected chi connectivity index (χ3v) is 4.81. The Morgan fingerprint density at radius 1 is 1.07 bits per heavy atom. The van der Waals surface area contributed by atoms with Crippen LogP contribution < -0.4 is 16.6 Å². The molecule has 0 saturated heterocycles. The van der Waals surface area contributed by atoms with Crippen LogP contribution in [0.1, 0.15) is 31.4 Å². The molecule has 7 heteroatoms. The number of anilines is 1. The van der Waals surface area contributed by atoms with Gasteiger partial charge < -0.3 is 5.32 Å². The van der Waals surface area contributed by atoms with Crippen LogP contribution >= 0.6 is 0 Å². The second kappa shape index (κ2) is 7.42. The smallest absolute Gasteiger partial charge is 0.332 e. The first-order valence-electron chi connectivity index (χ1n) is 9.25. The second-order valence-corrected chi connectivity index (χ2v) is 7.49. The molecule has 2 aromatic heterocycles. The molecular formula is C20H27N5O2. The molecule has 7 nitrogen and oxygen atoms in total. The maximum atomic E-state index is 12.8. The lowest BCUT2D eigenvalue weighted by molar-refractivity contribution is 0.604. The van der Waals surface area contributed by atoms with Crippen molar-refractivity contribution in [3.63, 3.8) is 0 Å². The molecule has 0 aliphatic heterocycles.